The number of hydrogen-bond acceptors (Lipinski definition) is 6. The molecule has 0 aromatic heterocycles. The lowest BCUT2D eigenvalue weighted by Crippen LogP contribution is -2.55. The van der Waals surface area contributed by atoms with Crippen LogP contribution in [0.15, 0.2) is 21.1 Å². The molecule has 8 nitrogen and oxygen atoms in total. The largest absolute Gasteiger partial charge is 0.506 e. The Morgan fingerprint density at radius 2 is 1.70 bits per heavy atom. The number of carbonyl (C=O) groups is 2. The van der Waals surface area contributed by atoms with E-state index < -0.39 is 0 Å². The predicted molar refractivity (Wildman–Crippen MR) is 134 cm³/mol. The van der Waals surface area contributed by atoms with Crippen LogP contribution in [0.5, 0.6) is 5.75 Å². The number of amides is 2. The second kappa shape index (κ2) is 12.0. The molecule has 0 aliphatic carbocycles. The molecule has 10 heteroatoms. The summed E-state index contributed by atoms with van der Waals surface area (Å²) in [5.74, 6) is 0.226. The van der Waals surface area contributed by atoms with E-state index in [1.54, 1.807) is 7.05 Å². The smallest absolute Gasteiger partial charge is 0.259 e. The maximum atomic E-state index is 13.0. The Hall–Kier alpha value is -1.20. The number of piperazine rings is 1. The van der Waals surface area contributed by atoms with Crippen molar-refractivity contribution in [2.45, 2.75) is 32.2 Å². The predicted octanol–water partition coefficient (Wildman–Crippen LogP) is 2.72. The lowest BCUT2D eigenvalue weighted by Gasteiger charge is -2.43. The average Bonchev–Trinajstić information content (AvgIpc) is 2.82. The number of nitrogens with zero attached hydrogens (tertiary/aromatic N) is 4. The van der Waals surface area contributed by atoms with Gasteiger partial charge in [0.15, 0.2) is 0 Å². The number of aromatic hydroxyl groups is 1. The van der Waals surface area contributed by atoms with Crippen molar-refractivity contribution in [3.8, 4) is 5.75 Å². The number of piperidine rings is 1. The van der Waals surface area contributed by atoms with E-state index in [4.69, 9.17) is 4.84 Å². The first-order chi connectivity index (χ1) is 15.7. The Morgan fingerprint density at radius 3 is 2.24 bits per heavy atom. The first-order valence-corrected chi connectivity index (χ1v) is 13.0. The topological polar surface area (TPSA) is 76.6 Å². The highest BCUT2D eigenvalue weighted by Crippen LogP contribution is 2.34. The molecule has 2 aliphatic rings. The summed E-state index contributed by atoms with van der Waals surface area (Å²) in [7, 11) is 3.14. The van der Waals surface area contributed by atoms with Gasteiger partial charge in [-0.1, -0.05) is 6.92 Å². The Morgan fingerprint density at radius 1 is 1.12 bits per heavy atom. The van der Waals surface area contributed by atoms with E-state index in [2.05, 4.69) is 41.7 Å². The number of phenols is 1. The fourth-order valence-electron chi connectivity index (χ4n) is 4.62. The van der Waals surface area contributed by atoms with Gasteiger partial charge in [-0.3, -0.25) is 24.2 Å². The molecule has 1 N–H and O–H groups in total. The molecule has 1 aromatic carbocycles. The third-order valence-electron chi connectivity index (χ3n) is 6.72. The van der Waals surface area contributed by atoms with Crippen LogP contribution in [0, 0.1) is 5.92 Å². The summed E-state index contributed by atoms with van der Waals surface area (Å²) >= 11 is 6.72. The first-order valence-electron chi connectivity index (χ1n) is 11.4. The van der Waals surface area contributed by atoms with E-state index in [9.17, 15) is 14.7 Å². The van der Waals surface area contributed by atoms with E-state index in [1.165, 1.54) is 12.2 Å². The van der Waals surface area contributed by atoms with Crippen molar-refractivity contribution < 1.29 is 19.5 Å². The molecule has 0 bridgehead atoms. The number of rotatable bonds is 7. The minimum absolute atomic E-state index is 0.0288. The summed E-state index contributed by atoms with van der Waals surface area (Å²) in [6, 6.07) is 4.24. The molecule has 2 amide bonds. The van der Waals surface area contributed by atoms with Gasteiger partial charge in [0.25, 0.3) is 5.91 Å². The maximum Gasteiger partial charge on any atom is 0.259 e. The maximum absolute atomic E-state index is 13.0. The molecule has 2 aliphatic heterocycles. The highest BCUT2D eigenvalue weighted by atomic mass is 79.9. The number of benzene rings is 1. The number of likely N-dealkylation sites (tertiary alicyclic amines) is 1. The fourth-order valence-corrected chi connectivity index (χ4v) is 5.90. The Kier molecular flexibility index (Phi) is 9.58. The lowest BCUT2D eigenvalue weighted by atomic mass is 9.97. The number of hydroxylamine groups is 2. The van der Waals surface area contributed by atoms with Gasteiger partial charge in [-0.25, -0.2) is 5.06 Å². The van der Waals surface area contributed by atoms with Gasteiger partial charge in [-0.2, -0.15) is 0 Å². The highest BCUT2D eigenvalue weighted by molar-refractivity contribution is 9.11. The van der Waals surface area contributed by atoms with E-state index in [0.29, 0.717) is 28.0 Å². The van der Waals surface area contributed by atoms with Crippen molar-refractivity contribution in [1.29, 1.82) is 0 Å². The van der Waals surface area contributed by atoms with E-state index >= 15 is 0 Å². The van der Waals surface area contributed by atoms with Crippen LogP contribution in [0.4, 0.5) is 0 Å². The highest BCUT2D eigenvalue weighted by Gasteiger charge is 2.31. The monoisotopic (exact) mass is 588 g/mol. The molecule has 0 radical (unpaired) electrons. The molecular formula is C23H34Br2N4O4. The molecule has 2 saturated heterocycles. The van der Waals surface area contributed by atoms with Crippen LogP contribution in [0.1, 0.15) is 25.3 Å². The molecule has 33 heavy (non-hydrogen) atoms. The van der Waals surface area contributed by atoms with Gasteiger partial charge in [0.1, 0.15) is 5.75 Å². The van der Waals surface area contributed by atoms with E-state index in [1.807, 2.05) is 24.0 Å². The fraction of sp³-hybridized carbons (Fsp3) is 0.652. The van der Waals surface area contributed by atoms with Gasteiger partial charge in [-0.15, -0.1) is 0 Å². The zero-order valence-corrected chi connectivity index (χ0v) is 22.8. The quantitative estimate of drug-likeness (QED) is 0.493. The van der Waals surface area contributed by atoms with Gasteiger partial charge < -0.3 is 10.0 Å². The molecule has 2 fully saturated rings. The second-order valence-electron chi connectivity index (χ2n) is 8.96. The van der Waals surface area contributed by atoms with Gasteiger partial charge in [0.05, 0.1) is 22.6 Å². The molecule has 3 rings (SSSR count). The summed E-state index contributed by atoms with van der Waals surface area (Å²) in [5, 5.41) is 11.2. The van der Waals surface area contributed by atoms with Crippen LogP contribution in [-0.4, -0.2) is 103 Å². The Balaban J connectivity index is 1.43. The summed E-state index contributed by atoms with van der Waals surface area (Å²) < 4.78 is 1.25. The van der Waals surface area contributed by atoms with Crippen molar-refractivity contribution >= 4 is 43.7 Å². The van der Waals surface area contributed by atoms with Gasteiger partial charge in [-0.05, 0) is 68.8 Å². The summed E-state index contributed by atoms with van der Waals surface area (Å²) in [4.78, 5) is 36.7. The van der Waals surface area contributed by atoms with E-state index in [-0.39, 0.29) is 23.5 Å². The van der Waals surface area contributed by atoms with Crippen LogP contribution in [0.2, 0.25) is 0 Å². The standard InChI is InChI=1S/C23H34Br2N4O4/c1-16(12-17-13-19(24)22(31)20(25)14-17)23(32)29-6-4-18(5-7-29)28-10-8-27(9-11-28)15-21(30)26(2)33-3/h13-14,16,18,31H,4-12,15H2,1-3H3/t16-/m1/s1. The molecule has 2 heterocycles. The van der Waals surface area contributed by atoms with Crippen molar-refractivity contribution in [3.05, 3.63) is 26.6 Å². The van der Waals surface area contributed by atoms with Crippen molar-refractivity contribution in [3.63, 3.8) is 0 Å². The summed E-state index contributed by atoms with van der Waals surface area (Å²) in [5.41, 5.74) is 1.01. The minimum Gasteiger partial charge on any atom is -0.506 e. The normalized spacial score (nSPS) is 19.5. The number of carbonyl (C=O) groups excluding carboxylic acids is 2. The number of likely N-dealkylation sites (N-methyl/N-ethyl adjacent to an activating group) is 1. The van der Waals surface area contributed by atoms with Crippen LogP contribution in [-0.2, 0) is 20.8 Å². The third kappa shape index (κ3) is 6.91. The summed E-state index contributed by atoms with van der Waals surface area (Å²) in [6.07, 6.45) is 2.61. The summed E-state index contributed by atoms with van der Waals surface area (Å²) in [6.45, 7) is 7.58. The Labute approximate surface area is 213 Å². The molecule has 0 saturated carbocycles. The average molecular weight is 590 g/mol. The van der Waals surface area contributed by atoms with Gasteiger partial charge >= 0.3 is 0 Å². The molecule has 1 aromatic rings. The molecule has 184 valence electrons. The van der Waals surface area contributed by atoms with E-state index in [0.717, 1.165) is 57.7 Å². The van der Waals surface area contributed by atoms with Crippen LogP contribution in [0.3, 0.4) is 0 Å². The van der Waals surface area contributed by atoms with Crippen molar-refractivity contribution in [1.82, 2.24) is 19.8 Å². The second-order valence-corrected chi connectivity index (χ2v) is 10.7. The van der Waals surface area contributed by atoms with Crippen molar-refractivity contribution in [2.24, 2.45) is 5.92 Å². The number of phenolic OH excluding ortho intramolecular Hbond substituents is 1. The Bertz CT molecular complexity index is 817. The SMILES string of the molecule is CON(C)C(=O)CN1CCN(C2CCN(C(=O)[C@H](C)Cc3cc(Br)c(O)c(Br)c3)CC2)CC1. The van der Waals surface area contributed by atoms with Crippen molar-refractivity contribution in [2.75, 3.05) is 60.0 Å². The third-order valence-corrected chi connectivity index (χ3v) is 7.93. The number of hydrogen-bond donors (Lipinski definition) is 1. The molecule has 1 atom stereocenters. The zero-order chi connectivity index (χ0) is 24.1. The van der Waals surface area contributed by atoms with Gasteiger partial charge in [0, 0.05) is 58.3 Å². The number of halogens is 2. The lowest BCUT2D eigenvalue weighted by molar-refractivity contribution is -0.170. The van der Waals surface area contributed by atoms with Crippen LogP contribution in [0.25, 0.3) is 0 Å². The van der Waals surface area contributed by atoms with Crippen LogP contribution >= 0.6 is 31.9 Å². The van der Waals surface area contributed by atoms with Gasteiger partial charge in [0.2, 0.25) is 5.91 Å². The first kappa shape index (κ1) is 26.4. The zero-order valence-electron chi connectivity index (χ0n) is 19.6. The molecule has 0 spiro atoms. The molecular weight excluding hydrogens is 556 g/mol. The minimum atomic E-state index is -0.115. The molecule has 0 unspecified atom stereocenters. The van der Waals surface area contributed by atoms with Crippen LogP contribution < -0.4 is 0 Å².